The van der Waals surface area contributed by atoms with E-state index in [1.807, 2.05) is 4.68 Å². The molecule has 108 valence electrons. The van der Waals surface area contributed by atoms with Crippen molar-refractivity contribution in [2.75, 3.05) is 7.05 Å². The van der Waals surface area contributed by atoms with Crippen LogP contribution in [0, 0.1) is 11.6 Å². The molecule has 2 aromatic rings. The predicted molar refractivity (Wildman–Crippen MR) is 72.2 cm³/mol. The van der Waals surface area contributed by atoms with Gasteiger partial charge in [0.05, 0.1) is 0 Å². The minimum Gasteiger partial charge on any atom is -0.313 e. The molecule has 0 spiro atoms. The van der Waals surface area contributed by atoms with Crippen LogP contribution in [-0.4, -0.2) is 21.8 Å². The molecule has 1 N–H and O–H groups in total. The highest BCUT2D eigenvalue weighted by Crippen LogP contribution is 2.19. The fourth-order valence-corrected chi connectivity index (χ4v) is 2.19. The summed E-state index contributed by atoms with van der Waals surface area (Å²) in [5, 5.41) is 7.22. The molecule has 0 saturated carbocycles. The van der Waals surface area contributed by atoms with E-state index in [1.54, 1.807) is 7.05 Å². The van der Waals surface area contributed by atoms with E-state index in [9.17, 15) is 8.78 Å². The maximum absolute atomic E-state index is 13.3. The lowest BCUT2D eigenvalue weighted by atomic mass is 10.0. The molecule has 4 nitrogen and oxygen atoms in total. The van der Waals surface area contributed by atoms with E-state index in [4.69, 9.17) is 0 Å². The summed E-state index contributed by atoms with van der Waals surface area (Å²) in [4.78, 5) is 4.22. The minimum atomic E-state index is -0.574. The Morgan fingerprint density at radius 1 is 1.25 bits per heavy atom. The fourth-order valence-electron chi connectivity index (χ4n) is 2.19. The summed E-state index contributed by atoms with van der Waals surface area (Å²) in [6.07, 6.45) is 2.98. The Balaban J connectivity index is 2.22. The topological polar surface area (TPSA) is 42.7 Å². The summed E-state index contributed by atoms with van der Waals surface area (Å²) < 4.78 is 28.4. The first-order chi connectivity index (χ1) is 9.63. The van der Waals surface area contributed by atoms with Crippen molar-refractivity contribution in [3.8, 4) is 0 Å². The Labute approximate surface area is 116 Å². The van der Waals surface area contributed by atoms with Gasteiger partial charge in [-0.3, -0.25) is 4.68 Å². The van der Waals surface area contributed by atoms with Crippen molar-refractivity contribution in [2.24, 2.45) is 0 Å². The third kappa shape index (κ3) is 3.39. The second-order valence-electron chi connectivity index (χ2n) is 4.65. The van der Waals surface area contributed by atoms with Gasteiger partial charge in [0.15, 0.2) is 0 Å². The number of halogens is 2. The molecule has 0 aliphatic carbocycles. The fraction of sp³-hybridized carbons (Fsp3) is 0.429. The van der Waals surface area contributed by atoms with Gasteiger partial charge < -0.3 is 5.32 Å². The van der Waals surface area contributed by atoms with E-state index >= 15 is 0 Å². The van der Waals surface area contributed by atoms with E-state index in [2.05, 4.69) is 22.3 Å². The third-order valence-electron chi connectivity index (χ3n) is 3.15. The lowest BCUT2D eigenvalue weighted by Gasteiger charge is -2.17. The Morgan fingerprint density at radius 3 is 2.55 bits per heavy atom. The van der Waals surface area contributed by atoms with Gasteiger partial charge in [-0.05, 0) is 31.2 Å². The summed E-state index contributed by atoms with van der Waals surface area (Å²) >= 11 is 0. The van der Waals surface area contributed by atoms with Crippen LogP contribution in [0.2, 0.25) is 0 Å². The van der Waals surface area contributed by atoms with Crippen LogP contribution in [0.15, 0.2) is 24.5 Å². The summed E-state index contributed by atoms with van der Waals surface area (Å²) in [6.45, 7) is 2.84. The molecule has 1 heterocycles. The zero-order valence-corrected chi connectivity index (χ0v) is 11.6. The minimum absolute atomic E-state index is 0.208. The van der Waals surface area contributed by atoms with E-state index < -0.39 is 11.6 Å². The quantitative estimate of drug-likeness (QED) is 0.884. The molecule has 0 aliphatic rings. The summed E-state index contributed by atoms with van der Waals surface area (Å²) in [7, 11) is 1.76. The molecular weight excluding hydrogens is 262 g/mol. The molecule has 20 heavy (non-hydrogen) atoms. The molecule has 1 atom stereocenters. The van der Waals surface area contributed by atoms with Crippen molar-refractivity contribution < 1.29 is 8.78 Å². The summed E-state index contributed by atoms with van der Waals surface area (Å²) in [5.41, 5.74) is 0.566. The zero-order valence-electron chi connectivity index (χ0n) is 11.6. The van der Waals surface area contributed by atoms with E-state index in [0.29, 0.717) is 12.0 Å². The Bertz CT molecular complexity index is 548. The Kier molecular flexibility index (Phi) is 4.79. The molecule has 1 aromatic heterocycles. The van der Waals surface area contributed by atoms with Crippen molar-refractivity contribution in [2.45, 2.75) is 32.4 Å². The summed E-state index contributed by atoms with van der Waals surface area (Å²) in [5.74, 6) is -0.346. The number of aryl methyl sites for hydroxylation is 1. The average Bonchev–Trinajstić information content (AvgIpc) is 2.82. The standard InChI is InChI=1S/C14H18F2N4/c1-3-4-20-14(18-9-19-20)8-13(17-2)10-5-11(15)7-12(16)6-10/h5-7,9,13,17H,3-4,8H2,1-2H3. The molecule has 6 heteroatoms. The second-order valence-corrected chi connectivity index (χ2v) is 4.65. The smallest absolute Gasteiger partial charge is 0.138 e. The number of hydrogen-bond donors (Lipinski definition) is 1. The van der Waals surface area contributed by atoms with Crippen molar-refractivity contribution in [1.29, 1.82) is 0 Å². The monoisotopic (exact) mass is 280 g/mol. The Morgan fingerprint density at radius 2 is 1.95 bits per heavy atom. The van der Waals surface area contributed by atoms with Crippen LogP contribution in [0.4, 0.5) is 8.78 Å². The van der Waals surface area contributed by atoms with Gasteiger partial charge in [0.2, 0.25) is 0 Å². The van der Waals surface area contributed by atoms with E-state index in [1.165, 1.54) is 18.5 Å². The van der Waals surface area contributed by atoms with Gasteiger partial charge in [0.25, 0.3) is 0 Å². The molecule has 0 amide bonds. The first-order valence-electron chi connectivity index (χ1n) is 6.64. The van der Waals surface area contributed by atoms with Crippen molar-refractivity contribution in [1.82, 2.24) is 20.1 Å². The number of rotatable bonds is 6. The first kappa shape index (κ1) is 14.6. The van der Waals surface area contributed by atoms with Crippen LogP contribution in [-0.2, 0) is 13.0 Å². The number of likely N-dealkylation sites (N-methyl/N-ethyl adjacent to an activating group) is 1. The highest BCUT2D eigenvalue weighted by atomic mass is 19.1. The van der Waals surface area contributed by atoms with Gasteiger partial charge in [0.1, 0.15) is 23.8 Å². The SMILES string of the molecule is CCCn1ncnc1CC(NC)c1cc(F)cc(F)c1. The molecule has 0 saturated heterocycles. The average molecular weight is 280 g/mol. The largest absolute Gasteiger partial charge is 0.313 e. The molecule has 0 bridgehead atoms. The van der Waals surface area contributed by atoms with Crippen molar-refractivity contribution in [3.63, 3.8) is 0 Å². The molecule has 1 unspecified atom stereocenters. The van der Waals surface area contributed by atoms with Crippen molar-refractivity contribution >= 4 is 0 Å². The highest BCUT2D eigenvalue weighted by Gasteiger charge is 2.16. The maximum atomic E-state index is 13.3. The molecule has 2 rings (SSSR count). The second kappa shape index (κ2) is 6.56. The summed E-state index contributed by atoms with van der Waals surface area (Å²) in [6, 6.07) is 3.34. The number of nitrogens with one attached hydrogen (secondary N) is 1. The van der Waals surface area contributed by atoms with Crippen LogP contribution < -0.4 is 5.32 Å². The maximum Gasteiger partial charge on any atom is 0.138 e. The van der Waals surface area contributed by atoms with Gasteiger partial charge in [-0.1, -0.05) is 6.92 Å². The number of aromatic nitrogens is 3. The van der Waals surface area contributed by atoms with Crippen LogP contribution in [0.25, 0.3) is 0 Å². The number of benzene rings is 1. The van der Waals surface area contributed by atoms with Crippen molar-refractivity contribution in [3.05, 3.63) is 47.5 Å². The molecule has 1 aromatic carbocycles. The van der Waals surface area contributed by atoms with Crippen LogP contribution >= 0.6 is 0 Å². The number of hydrogen-bond acceptors (Lipinski definition) is 3. The lowest BCUT2D eigenvalue weighted by molar-refractivity contribution is 0.509. The zero-order chi connectivity index (χ0) is 14.5. The predicted octanol–water partition coefficient (Wildman–Crippen LogP) is 2.47. The van der Waals surface area contributed by atoms with E-state index in [0.717, 1.165) is 24.9 Å². The molecule has 0 aliphatic heterocycles. The normalized spacial score (nSPS) is 12.6. The highest BCUT2D eigenvalue weighted by molar-refractivity contribution is 5.22. The van der Waals surface area contributed by atoms with Gasteiger partial charge in [0, 0.05) is 25.1 Å². The van der Waals surface area contributed by atoms with Crippen LogP contribution in [0.5, 0.6) is 0 Å². The number of nitrogens with zero attached hydrogens (tertiary/aromatic N) is 3. The lowest BCUT2D eigenvalue weighted by Crippen LogP contribution is -2.21. The van der Waals surface area contributed by atoms with E-state index in [-0.39, 0.29) is 6.04 Å². The molecule has 0 radical (unpaired) electrons. The van der Waals surface area contributed by atoms with Gasteiger partial charge in [-0.25, -0.2) is 13.8 Å². The first-order valence-corrected chi connectivity index (χ1v) is 6.64. The molecular formula is C14H18F2N4. The Hall–Kier alpha value is -1.82. The third-order valence-corrected chi connectivity index (χ3v) is 3.15. The van der Waals surface area contributed by atoms with Crippen LogP contribution in [0.3, 0.4) is 0 Å². The van der Waals surface area contributed by atoms with Crippen LogP contribution in [0.1, 0.15) is 30.8 Å². The van der Waals surface area contributed by atoms with Gasteiger partial charge >= 0.3 is 0 Å². The molecule has 0 fully saturated rings. The van der Waals surface area contributed by atoms with Gasteiger partial charge in [-0.15, -0.1) is 0 Å². The van der Waals surface area contributed by atoms with Gasteiger partial charge in [-0.2, -0.15) is 5.10 Å².